The number of quaternary nitrogens is 1. The van der Waals surface area contributed by atoms with Crippen LogP contribution in [0.3, 0.4) is 0 Å². The summed E-state index contributed by atoms with van der Waals surface area (Å²) < 4.78 is 6.25. The summed E-state index contributed by atoms with van der Waals surface area (Å²) in [5.74, 6) is -0.0298. The van der Waals surface area contributed by atoms with Crippen LogP contribution in [0.2, 0.25) is 0 Å². The fraction of sp³-hybridized carbons (Fsp3) is 0.944. The monoisotopic (exact) mass is 427 g/mol. The van der Waals surface area contributed by atoms with Gasteiger partial charge >= 0.3 is 5.97 Å². The molecule has 0 aliphatic rings. The Labute approximate surface area is 155 Å². The number of esters is 1. The Morgan fingerprint density at radius 2 is 1.32 bits per heavy atom. The lowest BCUT2D eigenvalue weighted by Gasteiger charge is -2.32. The molecule has 0 aromatic heterocycles. The van der Waals surface area contributed by atoms with E-state index in [4.69, 9.17) is 4.74 Å². The largest absolute Gasteiger partial charge is 1.00 e. The fourth-order valence-corrected chi connectivity index (χ4v) is 2.58. The maximum Gasteiger partial charge on any atom is 0.310 e. The molecule has 0 bridgehead atoms. The molecule has 0 amide bonds. The van der Waals surface area contributed by atoms with Crippen molar-refractivity contribution in [3.05, 3.63) is 0 Å². The molecule has 1 atom stereocenters. The number of unbranched alkanes of at least 4 members (excludes halogenated alkanes) is 8. The van der Waals surface area contributed by atoms with E-state index >= 15 is 0 Å². The summed E-state index contributed by atoms with van der Waals surface area (Å²) in [6, 6.07) is 0. The van der Waals surface area contributed by atoms with Gasteiger partial charge in [-0.2, -0.15) is 0 Å². The summed E-state index contributed by atoms with van der Waals surface area (Å²) >= 11 is 0. The molecule has 1 unspecified atom stereocenters. The Kier molecular flexibility index (Phi) is 16.3. The van der Waals surface area contributed by atoms with E-state index < -0.39 is 0 Å². The zero-order valence-electron chi connectivity index (χ0n) is 15.5. The van der Waals surface area contributed by atoms with Gasteiger partial charge in [-0.3, -0.25) is 9.28 Å². The minimum absolute atomic E-state index is 0. The third-order valence-corrected chi connectivity index (χ3v) is 3.97. The number of hydrogen-bond acceptors (Lipinski definition) is 2. The van der Waals surface area contributed by atoms with Gasteiger partial charge in [-0.25, -0.2) is 0 Å². The molecule has 0 aromatic carbocycles. The Balaban J connectivity index is 0. The van der Waals surface area contributed by atoms with Gasteiger partial charge in [-0.1, -0.05) is 65.2 Å². The third kappa shape index (κ3) is 13.8. The lowest BCUT2D eigenvalue weighted by molar-refractivity contribution is -0.917. The van der Waals surface area contributed by atoms with E-state index in [1.807, 2.05) is 0 Å². The smallest absolute Gasteiger partial charge is 0.310 e. The Morgan fingerprint density at radius 1 is 0.864 bits per heavy atom. The lowest BCUT2D eigenvalue weighted by Crippen LogP contribution is -3.00. The van der Waals surface area contributed by atoms with Crippen molar-refractivity contribution in [3.8, 4) is 0 Å². The Bertz CT molecular complexity index is 264. The van der Waals surface area contributed by atoms with Crippen LogP contribution in [0.4, 0.5) is 0 Å². The third-order valence-electron chi connectivity index (χ3n) is 3.97. The standard InChI is InChI=1S/C18H38NO2.HI/c1-6-8-9-10-11-12-13-14-15-16-18(20)21-17(7-2)19(3,4)5;/h17H,6-16H2,1-5H3;1H/q+1;/p-1. The van der Waals surface area contributed by atoms with Crippen molar-refractivity contribution in [3.63, 3.8) is 0 Å². The van der Waals surface area contributed by atoms with Crippen molar-refractivity contribution >= 4 is 5.97 Å². The average molecular weight is 427 g/mol. The van der Waals surface area contributed by atoms with Crippen LogP contribution in [0.25, 0.3) is 0 Å². The minimum Gasteiger partial charge on any atom is -1.00 e. The summed E-state index contributed by atoms with van der Waals surface area (Å²) in [5, 5.41) is 0. The van der Waals surface area contributed by atoms with Crippen LogP contribution < -0.4 is 24.0 Å². The summed E-state index contributed by atoms with van der Waals surface area (Å²) in [4.78, 5) is 11.8. The van der Waals surface area contributed by atoms with Crippen LogP contribution in [0.15, 0.2) is 0 Å². The van der Waals surface area contributed by atoms with Gasteiger partial charge in [0, 0.05) is 12.8 Å². The van der Waals surface area contributed by atoms with Crippen molar-refractivity contribution in [2.24, 2.45) is 0 Å². The van der Waals surface area contributed by atoms with Gasteiger partial charge in [0.25, 0.3) is 0 Å². The van der Waals surface area contributed by atoms with Crippen molar-refractivity contribution in [1.82, 2.24) is 0 Å². The molecule has 0 saturated heterocycles. The minimum atomic E-state index is -0.0298. The van der Waals surface area contributed by atoms with Gasteiger partial charge in [0.15, 0.2) is 0 Å². The predicted molar refractivity (Wildman–Crippen MR) is 90.0 cm³/mol. The van der Waals surface area contributed by atoms with Crippen LogP contribution >= 0.6 is 0 Å². The van der Waals surface area contributed by atoms with E-state index in [1.165, 1.54) is 44.9 Å². The van der Waals surface area contributed by atoms with Crippen molar-refractivity contribution in [2.75, 3.05) is 21.1 Å². The van der Waals surface area contributed by atoms with Gasteiger partial charge in [0.05, 0.1) is 21.1 Å². The molecule has 4 heteroatoms. The summed E-state index contributed by atoms with van der Waals surface area (Å²) in [6.45, 7) is 4.32. The highest BCUT2D eigenvalue weighted by Gasteiger charge is 2.25. The van der Waals surface area contributed by atoms with E-state index in [9.17, 15) is 4.79 Å². The van der Waals surface area contributed by atoms with Crippen LogP contribution in [0, 0.1) is 0 Å². The summed E-state index contributed by atoms with van der Waals surface area (Å²) in [7, 11) is 6.21. The van der Waals surface area contributed by atoms with E-state index in [1.54, 1.807) is 0 Å². The van der Waals surface area contributed by atoms with Crippen molar-refractivity contribution < 1.29 is 38.0 Å². The van der Waals surface area contributed by atoms with Gasteiger partial charge < -0.3 is 28.7 Å². The quantitative estimate of drug-likeness (QED) is 0.148. The highest BCUT2D eigenvalue weighted by molar-refractivity contribution is 5.69. The molecule has 0 spiro atoms. The normalized spacial score (nSPS) is 12.6. The average Bonchev–Trinajstić information content (AvgIpc) is 2.41. The van der Waals surface area contributed by atoms with Crippen LogP contribution in [0.1, 0.15) is 84.5 Å². The molecule has 22 heavy (non-hydrogen) atoms. The molecular formula is C18H38INO2. The van der Waals surface area contributed by atoms with Gasteiger partial charge in [-0.15, -0.1) is 0 Å². The Hall–Kier alpha value is 0.160. The molecule has 0 saturated carbocycles. The number of carbonyl (C=O) groups excluding carboxylic acids is 1. The molecule has 3 nitrogen and oxygen atoms in total. The SMILES string of the molecule is CCCCCCCCCCCC(=O)OC(CC)[N+](C)(C)C.[I-]. The fourth-order valence-electron chi connectivity index (χ4n) is 2.58. The molecule has 0 heterocycles. The molecule has 0 aliphatic heterocycles. The summed E-state index contributed by atoms with van der Waals surface area (Å²) in [6.07, 6.45) is 12.9. The Morgan fingerprint density at radius 3 is 1.73 bits per heavy atom. The number of halogens is 1. The maximum absolute atomic E-state index is 11.8. The molecule has 0 N–H and O–H groups in total. The first-order valence-corrected chi connectivity index (χ1v) is 8.92. The van der Waals surface area contributed by atoms with E-state index in [-0.39, 0.29) is 36.2 Å². The van der Waals surface area contributed by atoms with Crippen molar-refractivity contribution in [1.29, 1.82) is 0 Å². The number of rotatable bonds is 13. The topological polar surface area (TPSA) is 26.3 Å². The molecule has 0 aromatic rings. The molecule has 0 radical (unpaired) electrons. The number of ether oxygens (including phenoxy) is 1. The zero-order valence-corrected chi connectivity index (χ0v) is 17.7. The zero-order chi connectivity index (χ0) is 16.1. The molecule has 0 fully saturated rings. The van der Waals surface area contributed by atoms with Crippen molar-refractivity contribution in [2.45, 2.75) is 90.7 Å². The second-order valence-electron chi connectivity index (χ2n) is 7.05. The van der Waals surface area contributed by atoms with E-state index in [2.05, 4.69) is 35.0 Å². The highest BCUT2D eigenvalue weighted by atomic mass is 127. The summed E-state index contributed by atoms with van der Waals surface area (Å²) in [5.41, 5.74) is 0. The van der Waals surface area contributed by atoms with Gasteiger partial charge in [-0.05, 0) is 6.42 Å². The molecule has 0 rings (SSSR count). The number of carbonyl (C=O) groups is 1. The van der Waals surface area contributed by atoms with Gasteiger partial charge in [0.2, 0.25) is 6.23 Å². The highest BCUT2D eigenvalue weighted by Crippen LogP contribution is 2.13. The second-order valence-corrected chi connectivity index (χ2v) is 7.05. The first-order valence-electron chi connectivity index (χ1n) is 8.92. The molecule has 134 valence electrons. The van der Waals surface area contributed by atoms with Crippen LogP contribution in [-0.4, -0.2) is 37.8 Å². The first kappa shape index (κ1) is 24.4. The molecular weight excluding hydrogens is 389 g/mol. The maximum atomic E-state index is 11.8. The van der Waals surface area contributed by atoms with E-state index in [0.29, 0.717) is 10.9 Å². The lowest BCUT2D eigenvalue weighted by atomic mass is 10.1. The van der Waals surface area contributed by atoms with Crippen LogP contribution in [-0.2, 0) is 9.53 Å². The van der Waals surface area contributed by atoms with Gasteiger partial charge in [0.1, 0.15) is 0 Å². The van der Waals surface area contributed by atoms with Crippen LogP contribution in [0.5, 0.6) is 0 Å². The molecule has 0 aliphatic carbocycles. The second kappa shape index (κ2) is 14.7. The number of nitrogens with zero attached hydrogens (tertiary/aromatic N) is 1. The number of hydrogen-bond donors (Lipinski definition) is 0. The van der Waals surface area contributed by atoms with E-state index in [0.717, 1.165) is 19.3 Å². The first-order chi connectivity index (χ1) is 9.91. The predicted octanol–water partition coefficient (Wildman–Crippen LogP) is 1.90.